The Morgan fingerprint density at radius 2 is 1.62 bits per heavy atom. The van der Waals surface area contributed by atoms with E-state index in [1.165, 1.54) is 0 Å². The number of piperazine rings is 1. The first-order valence-corrected chi connectivity index (χ1v) is 9.15. The first-order valence-electron chi connectivity index (χ1n) is 8.36. The molecule has 0 spiro atoms. The quantitative estimate of drug-likeness (QED) is 0.660. The van der Waals surface area contributed by atoms with E-state index in [0.29, 0.717) is 37.7 Å². The summed E-state index contributed by atoms with van der Waals surface area (Å²) >= 11 is 3.39. The van der Waals surface area contributed by atoms with Crippen molar-refractivity contribution in [2.45, 2.75) is 0 Å². The molecule has 132 valence electrons. The van der Waals surface area contributed by atoms with Gasteiger partial charge >= 0.3 is 0 Å². The van der Waals surface area contributed by atoms with E-state index >= 15 is 0 Å². The number of hydrogen-bond acceptors (Lipinski definition) is 5. The summed E-state index contributed by atoms with van der Waals surface area (Å²) in [6, 6.07) is 17.3. The van der Waals surface area contributed by atoms with E-state index in [4.69, 9.17) is 0 Å². The number of carbonyl (C=O) groups excluding carboxylic acids is 1. The number of anilines is 1. The van der Waals surface area contributed by atoms with Crippen LogP contribution < -0.4 is 4.90 Å². The zero-order valence-corrected chi connectivity index (χ0v) is 15.6. The Balaban J connectivity index is 1.45. The number of amides is 1. The fourth-order valence-corrected chi connectivity index (χ4v) is 3.26. The number of nitrogens with zero attached hydrogens (tertiary/aromatic N) is 6. The molecule has 8 heteroatoms. The minimum atomic E-state index is 0.0554. The number of benzene rings is 2. The molecule has 1 aliphatic rings. The molecule has 1 aliphatic heterocycles. The normalized spacial score (nSPS) is 14.5. The summed E-state index contributed by atoms with van der Waals surface area (Å²) in [4.78, 5) is 16.6. The number of rotatable bonds is 3. The highest BCUT2D eigenvalue weighted by Gasteiger charge is 2.25. The van der Waals surface area contributed by atoms with Crippen LogP contribution in [0, 0.1) is 0 Å². The lowest BCUT2D eigenvalue weighted by molar-refractivity contribution is 0.0746. The molecule has 0 aliphatic carbocycles. The average Bonchev–Trinajstić information content (AvgIpc) is 3.19. The van der Waals surface area contributed by atoms with Gasteiger partial charge in [-0.25, -0.2) is 0 Å². The third-order valence-corrected chi connectivity index (χ3v) is 4.92. The van der Waals surface area contributed by atoms with E-state index in [1.807, 2.05) is 59.5 Å². The lowest BCUT2D eigenvalue weighted by Gasteiger charge is -2.34. The molecule has 0 atom stereocenters. The third-order valence-electron chi connectivity index (χ3n) is 4.39. The summed E-state index contributed by atoms with van der Waals surface area (Å²) in [5, 5.41) is 12.1. The largest absolute Gasteiger partial charge is 0.336 e. The first-order chi connectivity index (χ1) is 12.7. The van der Waals surface area contributed by atoms with E-state index in [1.54, 1.807) is 4.68 Å². The van der Waals surface area contributed by atoms with Gasteiger partial charge in [-0.3, -0.25) is 4.79 Å². The van der Waals surface area contributed by atoms with Crippen molar-refractivity contribution < 1.29 is 4.79 Å². The van der Waals surface area contributed by atoms with E-state index in [-0.39, 0.29) is 5.91 Å². The van der Waals surface area contributed by atoms with Gasteiger partial charge in [0.25, 0.3) is 5.91 Å². The molecule has 0 saturated carbocycles. The molecule has 1 saturated heterocycles. The molecular formula is C18H17BrN6O. The van der Waals surface area contributed by atoms with Crippen LogP contribution in [-0.4, -0.2) is 57.2 Å². The Hall–Kier alpha value is -2.74. The minimum absolute atomic E-state index is 0.0554. The van der Waals surface area contributed by atoms with Crippen LogP contribution in [0.5, 0.6) is 0 Å². The Labute approximate surface area is 159 Å². The summed E-state index contributed by atoms with van der Waals surface area (Å²) in [6.07, 6.45) is 0. The predicted molar refractivity (Wildman–Crippen MR) is 101 cm³/mol. The molecule has 1 aromatic heterocycles. The molecular weight excluding hydrogens is 396 g/mol. The molecule has 1 amide bonds. The Morgan fingerprint density at radius 1 is 0.923 bits per heavy atom. The topological polar surface area (TPSA) is 67.2 Å². The van der Waals surface area contributed by atoms with Gasteiger partial charge in [-0.05, 0) is 46.8 Å². The van der Waals surface area contributed by atoms with Gasteiger partial charge in [0, 0.05) is 36.2 Å². The molecule has 0 bridgehead atoms. The second-order valence-electron chi connectivity index (χ2n) is 6.01. The van der Waals surface area contributed by atoms with Gasteiger partial charge in [-0.2, -0.15) is 4.68 Å². The van der Waals surface area contributed by atoms with Crippen molar-refractivity contribution >= 4 is 27.8 Å². The summed E-state index contributed by atoms with van der Waals surface area (Å²) in [7, 11) is 0. The Bertz CT molecular complexity index is 888. The fourth-order valence-electron chi connectivity index (χ4n) is 3.00. The van der Waals surface area contributed by atoms with Crippen molar-refractivity contribution in [3.8, 4) is 5.69 Å². The highest BCUT2D eigenvalue weighted by atomic mass is 79.9. The first kappa shape index (κ1) is 16.7. The van der Waals surface area contributed by atoms with Crippen LogP contribution in [-0.2, 0) is 0 Å². The van der Waals surface area contributed by atoms with Gasteiger partial charge in [0.1, 0.15) is 0 Å². The Morgan fingerprint density at radius 3 is 2.31 bits per heavy atom. The zero-order valence-electron chi connectivity index (χ0n) is 14.0. The SMILES string of the molecule is O=C(c1ccc(Br)cc1)N1CCN(c2nnnn2-c2ccccc2)CC1. The standard InChI is InChI=1S/C18H17BrN6O/c19-15-8-6-14(7-9-15)17(26)23-10-12-24(13-11-23)18-20-21-22-25(18)16-4-2-1-3-5-16/h1-9H,10-13H2. The van der Waals surface area contributed by atoms with Gasteiger partial charge in [0.2, 0.25) is 5.95 Å². The van der Waals surface area contributed by atoms with Crippen molar-refractivity contribution in [3.63, 3.8) is 0 Å². The maximum Gasteiger partial charge on any atom is 0.253 e. The second-order valence-corrected chi connectivity index (χ2v) is 6.93. The molecule has 3 aromatic rings. The molecule has 1 fully saturated rings. The van der Waals surface area contributed by atoms with Gasteiger partial charge in [0.05, 0.1) is 5.69 Å². The maximum absolute atomic E-state index is 12.6. The molecule has 0 unspecified atom stereocenters. The molecule has 0 radical (unpaired) electrons. The van der Waals surface area contributed by atoms with Gasteiger partial charge in [-0.15, -0.1) is 0 Å². The minimum Gasteiger partial charge on any atom is -0.336 e. The van der Waals surface area contributed by atoms with E-state index in [2.05, 4.69) is 36.4 Å². The molecule has 4 rings (SSSR count). The molecule has 26 heavy (non-hydrogen) atoms. The predicted octanol–water partition coefficient (Wildman–Crippen LogP) is 2.39. The summed E-state index contributed by atoms with van der Waals surface area (Å²) in [6.45, 7) is 2.65. The van der Waals surface area contributed by atoms with Crippen LogP contribution >= 0.6 is 15.9 Å². The van der Waals surface area contributed by atoms with E-state index < -0.39 is 0 Å². The maximum atomic E-state index is 12.6. The van der Waals surface area contributed by atoms with Crippen molar-refractivity contribution in [2.75, 3.05) is 31.1 Å². The van der Waals surface area contributed by atoms with Crippen LogP contribution in [0.15, 0.2) is 59.1 Å². The molecule has 2 aromatic carbocycles. The number of para-hydroxylation sites is 1. The second kappa shape index (κ2) is 7.25. The molecule has 2 heterocycles. The van der Waals surface area contributed by atoms with Gasteiger partial charge < -0.3 is 9.80 Å². The highest BCUT2D eigenvalue weighted by molar-refractivity contribution is 9.10. The molecule has 7 nitrogen and oxygen atoms in total. The van der Waals surface area contributed by atoms with Crippen LogP contribution in [0.2, 0.25) is 0 Å². The number of carbonyl (C=O) groups is 1. The highest BCUT2D eigenvalue weighted by Crippen LogP contribution is 2.18. The van der Waals surface area contributed by atoms with Crippen LogP contribution in [0.25, 0.3) is 5.69 Å². The lowest BCUT2D eigenvalue weighted by atomic mass is 10.2. The third kappa shape index (κ3) is 3.32. The number of aromatic nitrogens is 4. The van der Waals surface area contributed by atoms with E-state index in [0.717, 1.165) is 10.2 Å². The summed E-state index contributed by atoms with van der Waals surface area (Å²) in [5.41, 5.74) is 1.62. The van der Waals surface area contributed by atoms with Crippen LogP contribution in [0.4, 0.5) is 5.95 Å². The lowest BCUT2D eigenvalue weighted by Crippen LogP contribution is -2.49. The number of halogens is 1. The smallest absolute Gasteiger partial charge is 0.253 e. The van der Waals surface area contributed by atoms with E-state index in [9.17, 15) is 4.79 Å². The summed E-state index contributed by atoms with van der Waals surface area (Å²) < 4.78 is 2.69. The van der Waals surface area contributed by atoms with Crippen LogP contribution in [0.3, 0.4) is 0 Å². The average molecular weight is 413 g/mol. The van der Waals surface area contributed by atoms with Gasteiger partial charge in [-0.1, -0.05) is 39.2 Å². The monoisotopic (exact) mass is 412 g/mol. The van der Waals surface area contributed by atoms with Crippen LogP contribution in [0.1, 0.15) is 10.4 Å². The van der Waals surface area contributed by atoms with Crippen molar-refractivity contribution in [2.24, 2.45) is 0 Å². The number of tetrazole rings is 1. The number of hydrogen-bond donors (Lipinski definition) is 0. The van der Waals surface area contributed by atoms with Crippen molar-refractivity contribution in [3.05, 3.63) is 64.6 Å². The molecule has 0 N–H and O–H groups in total. The van der Waals surface area contributed by atoms with Crippen molar-refractivity contribution in [1.29, 1.82) is 0 Å². The van der Waals surface area contributed by atoms with Crippen molar-refractivity contribution in [1.82, 2.24) is 25.1 Å². The summed E-state index contributed by atoms with van der Waals surface area (Å²) in [5.74, 6) is 0.756. The fraction of sp³-hybridized carbons (Fsp3) is 0.222. The van der Waals surface area contributed by atoms with Gasteiger partial charge in [0.15, 0.2) is 0 Å². The zero-order chi connectivity index (χ0) is 17.9. The Kier molecular flexibility index (Phi) is 4.66.